The number of aryl methyl sites for hydroxylation is 1. The van der Waals surface area contributed by atoms with Gasteiger partial charge >= 0.3 is 0 Å². The highest BCUT2D eigenvalue weighted by Crippen LogP contribution is 2.24. The van der Waals surface area contributed by atoms with E-state index in [-0.39, 0.29) is 0 Å². The molecular weight excluding hydrogens is 150 g/mol. The molecule has 1 rings (SSSR count). The molecular formula is C10H15NO. The van der Waals surface area contributed by atoms with Crippen molar-refractivity contribution in [1.29, 1.82) is 0 Å². The van der Waals surface area contributed by atoms with Crippen molar-refractivity contribution in [2.75, 3.05) is 6.54 Å². The molecule has 0 unspecified atom stereocenters. The van der Waals surface area contributed by atoms with Crippen LogP contribution in [0.1, 0.15) is 16.7 Å². The van der Waals surface area contributed by atoms with Gasteiger partial charge < -0.3 is 10.8 Å². The Morgan fingerprint density at radius 2 is 2.00 bits per heavy atom. The van der Waals surface area contributed by atoms with Crippen LogP contribution in [0.3, 0.4) is 0 Å². The van der Waals surface area contributed by atoms with Crippen LogP contribution < -0.4 is 5.73 Å². The fraction of sp³-hybridized carbons (Fsp3) is 0.400. The van der Waals surface area contributed by atoms with Gasteiger partial charge in [-0.05, 0) is 43.5 Å². The lowest BCUT2D eigenvalue weighted by Crippen LogP contribution is -2.04. The average Bonchev–Trinajstić information content (AvgIpc) is 2.07. The number of phenolic OH excluding ortho intramolecular Hbond substituents is 1. The molecule has 2 heteroatoms. The molecule has 0 radical (unpaired) electrons. The minimum atomic E-state index is 0.404. The van der Waals surface area contributed by atoms with Crippen LogP contribution in [0, 0.1) is 13.8 Å². The number of aromatic hydroxyl groups is 1. The molecule has 0 atom stereocenters. The molecule has 0 aliphatic heterocycles. The van der Waals surface area contributed by atoms with E-state index in [2.05, 4.69) is 0 Å². The summed E-state index contributed by atoms with van der Waals surface area (Å²) in [4.78, 5) is 0. The molecule has 2 nitrogen and oxygen atoms in total. The summed E-state index contributed by atoms with van der Waals surface area (Å²) in [5.74, 6) is 0.404. The van der Waals surface area contributed by atoms with Crippen molar-refractivity contribution in [3.8, 4) is 5.75 Å². The maximum atomic E-state index is 9.57. The maximum Gasteiger partial charge on any atom is 0.121 e. The third-order valence-electron chi connectivity index (χ3n) is 2.16. The number of phenols is 1. The molecule has 1 aromatic rings. The second-order valence-corrected chi connectivity index (χ2v) is 3.05. The maximum absolute atomic E-state index is 9.57. The van der Waals surface area contributed by atoms with Gasteiger partial charge in [0.05, 0.1) is 0 Å². The Bertz CT molecular complexity index is 281. The van der Waals surface area contributed by atoms with Gasteiger partial charge in [0.25, 0.3) is 0 Å². The molecule has 66 valence electrons. The fourth-order valence-corrected chi connectivity index (χ4v) is 1.30. The van der Waals surface area contributed by atoms with Crippen LogP contribution in [-0.2, 0) is 6.42 Å². The summed E-state index contributed by atoms with van der Waals surface area (Å²) in [5.41, 5.74) is 8.46. The van der Waals surface area contributed by atoms with Gasteiger partial charge in [-0.2, -0.15) is 0 Å². The molecule has 0 spiro atoms. The minimum absolute atomic E-state index is 0.404. The standard InChI is InChI=1S/C10H15NO/c1-7-3-4-9(5-6-11)8(2)10(7)12/h3-4,12H,5-6,11H2,1-2H3. The van der Waals surface area contributed by atoms with Crippen molar-refractivity contribution in [2.24, 2.45) is 5.73 Å². The highest BCUT2D eigenvalue weighted by atomic mass is 16.3. The largest absolute Gasteiger partial charge is 0.507 e. The lowest BCUT2D eigenvalue weighted by atomic mass is 10.0. The highest BCUT2D eigenvalue weighted by molar-refractivity contribution is 5.44. The minimum Gasteiger partial charge on any atom is -0.507 e. The van der Waals surface area contributed by atoms with E-state index < -0.39 is 0 Å². The summed E-state index contributed by atoms with van der Waals surface area (Å²) in [6.45, 7) is 4.45. The van der Waals surface area contributed by atoms with Crippen molar-refractivity contribution in [3.63, 3.8) is 0 Å². The molecule has 0 heterocycles. The summed E-state index contributed by atoms with van der Waals surface area (Å²) in [7, 11) is 0. The lowest BCUT2D eigenvalue weighted by Gasteiger charge is -2.08. The molecule has 0 aliphatic carbocycles. The van der Waals surface area contributed by atoms with Crippen molar-refractivity contribution in [3.05, 3.63) is 28.8 Å². The second-order valence-electron chi connectivity index (χ2n) is 3.05. The van der Waals surface area contributed by atoms with Gasteiger partial charge in [-0.15, -0.1) is 0 Å². The van der Waals surface area contributed by atoms with Gasteiger partial charge in [0.1, 0.15) is 5.75 Å². The van der Waals surface area contributed by atoms with Crippen molar-refractivity contribution < 1.29 is 5.11 Å². The van der Waals surface area contributed by atoms with Gasteiger partial charge in [-0.1, -0.05) is 12.1 Å². The Balaban J connectivity index is 3.08. The summed E-state index contributed by atoms with van der Waals surface area (Å²) in [6, 6.07) is 3.95. The summed E-state index contributed by atoms with van der Waals surface area (Å²) < 4.78 is 0. The Kier molecular flexibility index (Phi) is 2.71. The van der Waals surface area contributed by atoms with Crippen LogP contribution in [-0.4, -0.2) is 11.7 Å². The molecule has 0 saturated heterocycles. The lowest BCUT2D eigenvalue weighted by molar-refractivity contribution is 0.466. The molecule has 3 N–H and O–H groups in total. The predicted molar refractivity (Wildman–Crippen MR) is 50.3 cm³/mol. The molecule has 0 bridgehead atoms. The van der Waals surface area contributed by atoms with E-state index in [9.17, 15) is 5.11 Å². The van der Waals surface area contributed by atoms with Crippen LogP contribution in [0.4, 0.5) is 0 Å². The van der Waals surface area contributed by atoms with Crippen molar-refractivity contribution in [2.45, 2.75) is 20.3 Å². The molecule has 0 fully saturated rings. The topological polar surface area (TPSA) is 46.2 Å². The van der Waals surface area contributed by atoms with Crippen molar-refractivity contribution >= 4 is 0 Å². The fourth-order valence-electron chi connectivity index (χ4n) is 1.30. The van der Waals surface area contributed by atoms with Gasteiger partial charge in [0.2, 0.25) is 0 Å². The molecule has 12 heavy (non-hydrogen) atoms. The zero-order chi connectivity index (χ0) is 9.14. The SMILES string of the molecule is Cc1ccc(CCN)c(C)c1O. The Labute approximate surface area is 73.0 Å². The zero-order valence-corrected chi connectivity index (χ0v) is 7.59. The number of benzene rings is 1. The van der Waals surface area contributed by atoms with Crippen LogP contribution in [0.15, 0.2) is 12.1 Å². The first-order valence-electron chi connectivity index (χ1n) is 4.15. The molecule has 0 amide bonds. The van der Waals surface area contributed by atoms with Gasteiger partial charge in [0, 0.05) is 0 Å². The van der Waals surface area contributed by atoms with Crippen LogP contribution >= 0.6 is 0 Å². The molecule has 1 aromatic carbocycles. The Morgan fingerprint density at radius 3 is 2.58 bits per heavy atom. The number of hydrogen-bond donors (Lipinski definition) is 2. The smallest absolute Gasteiger partial charge is 0.121 e. The van der Waals surface area contributed by atoms with Gasteiger partial charge in [0.15, 0.2) is 0 Å². The quantitative estimate of drug-likeness (QED) is 0.697. The van der Waals surface area contributed by atoms with Crippen LogP contribution in [0.2, 0.25) is 0 Å². The first kappa shape index (κ1) is 9.07. The average molecular weight is 165 g/mol. The zero-order valence-electron chi connectivity index (χ0n) is 7.59. The van der Waals surface area contributed by atoms with E-state index in [1.807, 2.05) is 26.0 Å². The number of nitrogens with two attached hydrogens (primary N) is 1. The van der Waals surface area contributed by atoms with E-state index in [0.29, 0.717) is 12.3 Å². The summed E-state index contributed by atoms with van der Waals surface area (Å²) in [6.07, 6.45) is 0.833. The molecule has 0 saturated carbocycles. The number of hydrogen-bond acceptors (Lipinski definition) is 2. The third kappa shape index (κ3) is 1.59. The van der Waals surface area contributed by atoms with Crippen LogP contribution in [0.25, 0.3) is 0 Å². The van der Waals surface area contributed by atoms with E-state index in [1.54, 1.807) is 0 Å². The molecule has 0 aliphatic rings. The Hall–Kier alpha value is -1.02. The van der Waals surface area contributed by atoms with Crippen molar-refractivity contribution in [1.82, 2.24) is 0 Å². The summed E-state index contributed by atoms with van der Waals surface area (Å²) in [5, 5.41) is 9.57. The normalized spacial score (nSPS) is 10.2. The van der Waals surface area contributed by atoms with E-state index in [4.69, 9.17) is 5.73 Å². The number of rotatable bonds is 2. The van der Waals surface area contributed by atoms with E-state index >= 15 is 0 Å². The van der Waals surface area contributed by atoms with E-state index in [0.717, 1.165) is 23.1 Å². The first-order valence-corrected chi connectivity index (χ1v) is 4.15. The second kappa shape index (κ2) is 3.59. The predicted octanol–water partition coefficient (Wildman–Crippen LogP) is 1.51. The Morgan fingerprint density at radius 1 is 1.33 bits per heavy atom. The van der Waals surface area contributed by atoms with Crippen LogP contribution in [0.5, 0.6) is 5.75 Å². The first-order chi connectivity index (χ1) is 5.66. The molecule has 0 aromatic heterocycles. The summed E-state index contributed by atoms with van der Waals surface area (Å²) >= 11 is 0. The monoisotopic (exact) mass is 165 g/mol. The van der Waals surface area contributed by atoms with Gasteiger partial charge in [-0.3, -0.25) is 0 Å². The van der Waals surface area contributed by atoms with Gasteiger partial charge in [-0.25, -0.2) is 0 Å². The third-order valence-corrected chi connectivity index (χ3v) is 2.16. The highest BCUT2D eigenvalue weighted by Gasteiger charge is 2.04. The van der Waals surface area contributed by atoms with E-state index in [1.165, 1.54) is 0 Å².